The number of carbonyl (C=O) groups excluding carboxylic acids is 1. The van der Waals surface area contributed by atoms with Crippen LogP contribution in [-0.2, 0) is 11.2 Å². The normalized spacial score (nSPS) is 18.7. The fourth-order valence-corrected chi connectivity index (χ4v) is 2.05. The highest BCUT2D eigenvalue weighted by atomic mass is 16.2. The molecule has 0 bridgehead atoms. The number of anilines is 1. The molecule has 0 saturated heterocycles. The van der Waals surface area contributed by atoms with E-state index in [4.69, 9.17) is 0 Å². The van der Waals surface area contributed by atoms with E-state index in [1.807, 2.05) is 12.1 Å². The molecule has 1 amide bonds. The van der Waals surface area contributed by atoms with E-state index < -0.39 is 0 Å². The second kappa shape index (κ2) is 5.11. The molecule has 96 valence electrons. The lowest BCUT2D eigenvalue weighted by molar-refractivity contribution is -0.117. The van der Waals surface area contributed by atoms with Crippen LogP contribution in [0.1, 0.15) is 31.2 Å². The Hall–Kier alpha value is -1.35. The van der Waals surface area contributed by atoms with Crippen molar-refractivity contribution in [2.75, 3.05) is 11.9 Å². The summed E-state index contributed by atoms with van der Waals surface area (Å²) in [7, 11) is 0. The van der Waals surface area contributed by atoms with Crippen LogP contribution < -0.4 is 10.6 Å². The summed E-state index contributed by atoms with van der Waals surface area (Å²) in [5.41, 5.74) is 2.25. The van der Waals surface area contributed by atoms with Crippen molar-refractivity contribution in [3.05, 3.63) is 29.8 Å². The van der Waals surface area contributed by atoms with E-state index in [1.54, 1.807) is 0 Å². The summed E-state index contributed by atoms with van der Waals surface area (Å²) in [6, 6.07) is 9.01. The van der Waals surface area contributed by atoms with Crippen LogP contribution in [0.15, 0.2) is 24.3 Å². The van der Waals surface area contributed by atoms with Gasteiger partial charge in [-0.2, -0.15) is 0 Å². The monoisotopic (exact) mass is 244 g/mol. The molecule has 0 aliphatic heterocycles. The molecule has 3 heteroatoms. The molecule has 0 spiro atoms. The van der Waals surface area contributed by atoms with E-state index in [1.165, 1.54) is 18.4 Å². The van der Waals surface area contributed by atoms with Crippen LogP contribution in [0.3, 0.4) is 0 Å². The molecule has 0 atom stereocenters. The standard InChI is InChI=1S/C15H20N2O/c18-15(12-3-4-12)17-14-5-1-11(2-6-14)9-10-16-13-7-8-13/h1-2,5-6,12-13,16H,3-4,7-10H2,(H,17,18). The lowest BCUT2D eigenvalue weighted by atomic mass is 10.1. The summed E-state index contributed by atoms with van der Waals surface area (Å²) in [5.74, 6) is 0.450. The van der Waals surface area contributed by atoms with Crippen molar-refractivity contribution in [2.24, 2.45) is 5.92 Å². The smallest absolute Gasteiger partial charge is 0.227 e. The highest BCUT2D eigenvalue weighted by molar-refractivity contribution is 5.93. The van der Waals surface area contributed by atoms with Gasteiger partial charge in [-0.1, -0.05) is 12.1 Å². The summed E-state index contributed by atoms with van der Waals surface area (Å²) in [6.07, 6.45) is 5.85. The fourth-order valence-electron chi connectivity index (χ4n) is 2.05. The molecule has 3 nitrogen and oxygen atoms in total. The number of carbonyl (C=O) groups is 1. The lowest BCUT2D eigenvalue weighted by Gasteiger charge is -2.06. The summed E-state index contributed by atoms with van der Waals surface area (Å²) >= 11 is 0. The minimum atomic E-state index is 0.179. The zero-order valence-electron chi connectivity index (χ0n) is 10.6. The number of benzene rings is 1. The first kappa shape index (κ1) is 11.7. The van der Waals surface area contributed by atoms with Crippen LogP contribution in [0.4, 0.5) is 5.69 Å². The molecule has 2 saturated carbocycles. The fraction of sp³-hybridized carbons (Fsp3) is 0.533. The zero-order chi connectivity index (χ0) is 12.4. The quantitative estimate of drug-likeness (QED) is 0.806. The second-order valence-corrected chi connectivity index (χ2v) is 5.44. The average molecular weight is 244 g/mol. The molecule has 0 aromatic heterocycles. The van der Waals surface area contributed by atoms with Gasteiger partial charge >= 0.3 is 0 Å². The summed E-state index contributed by atoms with van der Waals surface area (Å²) in [6.45, 7) is 1.05. The minimum absolute atomic E-state index is 0.179. The topological polar surface area (TPSA) is 41.1 Å². The second-order valence-electron chi connectivity index (χ2n) is 5.44. The molecule has 1 aromatic carbocycles. The summed E-state index contributed by atoms with van der Waals surface area (Å²) in [5, 5.41) is 6.47. The molecular weight excluding hydrogens is 224 g/mol. The first-order valence-electron chi connectivity index (χ1n) is 6.94. The Morgan fingerprint density at radius 2 is 1.83 bits per heavy atom. The van der Waals surface area contributed by atoms with Crippen molar-refractivity contribution in [3.63, 3.8) is 0 Å². The third-order valence-electron chi connectivity index (χ3n) is 3.59. The van der Waals surface area contributed by atoms with Gasteiger partial charge in [-0.3, -0.25) is 4.79 Å². The molecule has 2 aliphatic carbocycles. The van der Waals surface area contributed by atoms with Crippen molar-refractivity contribution in [1.29, 1.82) is 0 Å². The molecule has 0 heterocycles. The molecule has 2 aliphatic rings. The Morgan fingerprint density at radius 3 is 2.44 bits per heavy atom. The maximum atomic E-state index is 11.6. The van der Waals surface area contributed by atoms with Gasteiger partial charge in [0, 0.05) is 17.6 Å². The maximum Gasteiger partial charge on any atom is 0.227 e. The third kappa shape index (κ3) is 3.33. The molecule has 0 radical (unpaired) electrons. The van der Waals surface area contributed by atoms with Gasteiger partial charge in [-0.15, -0.1) is 0 Å². The van der Waals surface area contributed by atoms with Crippen molar-refractivity contribution < 1.29 is 4.79 Å². The maximum absolute atomic E-state index is 11.6. The Kier molecular flexibility index (Phi) is 3.33. The van der Waals surface area contributed by atoms with Crippen LogP contribution in [0.5, 0.6) is 0 Å². The Morgan fingerprint density at radius 1 is 1.11 bits per heavy atom. The van der Waals surface area contributed by atoms with E-state index in [2.05, 4.69) is 22.8 Å². The zero-order valence-corrected chi connectivity index (χ0v) is 10.6. The van der Waals surface area contributed by atoms with Gasteiger partial charge in [0.05, 0.1) is 0 Å². The Bertz CT molecular complexity index is 419. The predicted molar refractivity (Wildman–Crippen MR) is 72.5 cm³/mol. The molecule has 2 N–H and O–H groups in total. The van der Waals surface area contributed by atoms with Crippen LogP contribution in [0.25, 0.3) is 0 Å². The van der Waals surface area contributed by atoms with Gasteiger partial charge in [0.2, 0.25) is 5.91 Å². The average Bonchev–Trinajstić information content (AvgIpc) is 3.25. The van der Waals surface area contributed by atoms with Gasteiger partial charge < -0.3 is 10.6 Å². The van der Waals surface area contributed by atoms with Gasteiger partial charge in [0.1, 0.15) is 0 Å². The highest BCUT2D eigenvalue weighted by Crippen LogP contribution is 2.30. The summed E-state index contributed by atoms with van der Waals surface area (Å²) in [4.78, 5) is 11.6. The van der Waals surface area contributed by atoms with Gasteiger partial charge in [-0.05, 0) is 56.3 Å². The molecule has 3 rings (SSSR count). The predicted octanol–water partition coefficient (Wildman–Crippen LogP) is 2.33. The minimum Gasteiger partial charge on any atom is -0.326 e. The highest BCUT2D eigenvalue weighted by Gasteiger charge is 2.29. The van der Waals surface area contributed by atoms with Crippen molar-refractivity contribution in [2.45, 2.75) is 38.1 Å². The van der Waals surface area contributed by atoms with Crippen molar-refractivity contribution in [1.82, 2.24) is 5.32 Å². The number of amides is 1. The molecule has 1 aromatic rings. The number of hydrogen-bond donors (Lipinski definition) is 2. The van der Waals surface area contributed by atoms with Gasteiger partial charge in [0.15, 0.2) is 0 Å². The lowest BCUT2D eigenvalue weighted by Crippen LogP contribution is -2.19. The number of nitrogens with one attached hydrogen (secondary N) is 2. The van der Waals surface area contributed by atoms with E-state index in [9.17, 15) is 4.79 Å². The molecular formula is C15H20N2O. The number of hydrogen-bond acceptors (Lipinski definition) is 2. The van der Waals surface area contributed by atoms with Gasteiger partial charge in [-0.25, -0.2) is 0 Å². The van der Waals surface area contributed by atoms with Crippen LogP contribution in [-0.4, -0.2) is 18.5 Å². The van der Waals surface area contributed by atoms with Crippen molar-refractivity contribution in [3.8, 4) is 0 Å². The first-order valence-corrected chi connectivity index (χ1v) is 6.94. The molecule has 0 unspecified atom stereocenters. The van der Waals surface area contributed by atoms with Gasteiger partial charge in [0.25, 0.3) is 0 Å². The Labute approximate surface area is 108 Å². The van der Waals surface area contributed by atoms with E-state index in [0.717, 1.165) is 37.5 Å². The Balaban J connectivity index is 1.46. The summed E-state index contributed by atoms with van der Waals surface area (Å²) < 4.78 is 0. The van der Waals surface area contributed by atoms with E-state index in [-0.39, 0.29) is 11.8 Å². The van der Waals surface area contributed by atoms with Crippen molar-refractivity contribution >= 4 is 11.6 Å². The third-order valence-corrected chi connectivity index (χ3v) is 3.59. The van der Waals surface area contributed by atoms with Crippen LogP contribution in [0, 0.1) is 5.92 Å². The van der Waals surface area contributed by atoms with E-state index in [0.29, 0.717) is 0 Å². The first-order chi connectivity index (χ1) is 8.81. The van der Waals surface area contributed by atoms with Crippen LogP contribution in [0.2, 0.25) is 0 Å². The number of rotatable bonds is 6. The SMILES string of the molecule is O=C(Nc1ccc(CCNC2CC2)cc1)C1CC1. The van der Waals surface area contributed by atoms with Crippen LogP contribution >= 0.6 is 0 Å². The molecule has 2 fully saturated rings. The largest absolute Gasteiger partial charge is 0.326 e. The molecule has 18 heavy (non-hydrogen) atoms. The van der Waals surface area contributed by atoms with E-state index >= 15 is 0 Å².